The Morgan fingerprint density at radius 1 is 1.19 bits per heavy atom. The minimum absolute atomic E-state index is 0.136. The van der Waals surface area contributed by atoms with Gasteiger partial charge >= 0.3 is 5.97 Å². The fourth-order valence-corrected chi connectivity index (χ4v) is 2.74. The smallest absolute Gasteiger partial charge is 0.345 e. The minimum atomic E-state index is -0.744. The van der Waals surface area contributed by atoms with Crippen LogP contribution in [0.2, 0.25) is 0 Å². The van der Waals surface area contributed by atoms with Gasteiger partial charge in [-0.3, -0.25) is 4.79 Å². The molecule has 0 spiro atoms. The summed E-state index contributed by atoms with van der Waals surface area (Å²) in [5, 5.41) is 3.53. The molecular weight excluding hydrogens is 335 g/mol. The number of aromatic amines is 1. The van der Waals surface area contributed by atoms with E-state index >= 15 is 0 Å². The molecular formula is C20H19FN2O3. The molecule has 0 saturated carbocycles. The van der Waals surface area contributed by atoms with Crippen molar-refractivity contribution in [2.75, 3.05) is 11.9 Å². The van der Waals surface area contributed by atoms with Crippen LogP contribution in [-0.2, 0) is 11.3 Å². The van der Waals surface area contributed by atoms with Crippen LogP contribution in [0.3, 0.4) is 0 Å². The maximum absolute atomic E-state index is 13.8. The van der Waals surface area contributed by atoms with Crippen molar-refractivity contribution < 1.29 is 13.9 Å². The maximum atomic E-state index is 13.8. The zero-order valence-electron chi connectivity index (χ0n) is 14.6. The summed E-state index contributed by atoms with van der Waals surface area (Å²) in [6.45, 7) is 4.16. The Morgan fingerprint density at radius 3 is 2.62 bits per heavy atom. The standard InChI is InChI=1S/C20H19FN2O3/c1-3-26-20(25)17-18(22-11-13-6-4-12(2)5-7-13)15-10-14(21)8-9-16(15)23-19(17)24/h4-10H,3,11H2,1-2H3,(H2,22,23,24). The summed E-state index contributed by atoms with van der Waals surface area (Å²) in [5.74, 6) is -1.20. The number of carbonyl (C=O) groups excluding carboxylic acids is 1. The van der Waals surface area contributed by atoms with Crippen LogP contribution in [0.4, 0.5) is 10.1 Å². The van der Waals surface area contributed by atoms with Gasteiger partial charge in [0.1, 0.15) is 11.4 Å². The highest BCUT2D eigenvalue weighted by Gasteiger charge is 2.21. The van der Waals surface area contributed by atoms with E-state index in [4.69, 9.17) is 4.74 Å². The number of H-pyrrole nitrogens is 1. The Morgan fingerprint density at radius 2 is 1.92 bits per heavy atom. The Balaban J connectivity index is 2.10. The molecule has 0 bridgehead atoms. The van der Waals surface area contributed by atoms with E-state index in [1.807, 2.05) is 31.2 Å². The van der Waals surface area contributed by atoms with Crippen LogP contribution in [0.1, 0.15) is 28.4 Å². The average Bonchev–Trinajstić information content (AvgIpc) is 2.61. The van der Waals surface area contributed by atoms with Gasteiger partial charge in [-0.15, -0.1) is 0 Å². The Hall–Kier alpha value is -3.15. The number of anilines is 1. The van der Waals surface area contributed by atoms with E-state index in [1.165, 1.54) is 18.2 Å². The summed E-state index contributed by atoms with van der Waals surface area (Å²) in [4.78, 5) is 27.3. The molecule has 3 aromatic rings. The lowest BCUT2D eigenvalue weighted by atomic mass is 10.1. The lowest BCUT2D eigenvalue weighted by molar-refractivity contribution is 0.0525. The molecule has 0 aliphatic heterocycles. The van der Waals surface area contributed by atoms with Crippen LogP contribution < -0.4 is 10.9 Å². The van der Waals surface area contributed by atoms with E-state index in [-0.39, 0.29) is 17.9 Å². The summed E-state index contributed by atoms with van der Waals surface area (Å²) < 4.78 is 18.8. The van der Waals surface area contributed by atoms with Crippen molar-refractivity contribution in [3.8, 4) is 0 Å². The predicted molar refractivity (Wildman–Crippen MR) is 99.0 cm³/mol. The van der Waals surface area contributed by atoms with E-state index in [9.17, 15) is 14.0 Å². The third-order valence-electron chi connectivity index (χ3n) is 4.05. The van der Waals surface area contributed by atoms with E-state index < -0.39 is 17.3 Å². The number of hydrogen-bond donors (Lipinski definition) is 2. The van der Waals surface area contributed by atoms with Crippen molar-refractivity contribution in [1.82, 2.24) is 4.98 Å². The number of rotatable bonds is 5. The van der Waals surface area contributed by atoms with Crippen molar-refractivity contribution in [3.05, 3.63) is 75.3 Å². The van der Waals surface area contributed by atoms with Gasteiger partial charge in [0.25, 0.3) is 5.56 Å². The molecule has 2 N–H and O–H groups in total. The molecule has 0 atom stereocenters. The number of ether oxygens (including phenoxy) is 1. The first kappa shape index (κ1) is 17.7. The number of benzene rings is 2. The molecule has 0 saturated heterocycles. The second-order valence-corrected chi connectivity index (χ2v) is 5.95. The summed E-state index contributed by atoms with van der Waals surface area (Å²) in [5.41, 5.74) is 2.07. The Labute approximate surface area is 149 Å². The van der Waals surface area contributed by atoms with Gasteiger partial charge in [0.05, 0.1) is 17.8 Å². The van der Waals surface area contributed by atoms with E-state index in [1.54, 1.807) is 6.92 Å². The number of carbonyl (C=O) groups is 1. The second kappa shape index (κ2) is 7.39. The molecule has 1 aromatic heterocycles. The summed E-state index contributed by atoms with van der Waals surface area (Å²) in [6, 6.07) is 11.8. The zero-order valence-corrected chi connectivity index (χ0v) is 14.6. The lowest BCUT2D eigenvalue weighted by Gasteiger charge is -2.14. The van der Waals surface area contributed by atoms with Gasteiger partial charge in [0.2, 0.25) is 0 Å². The van der Waals surface area contributed by atoms with Crippen LogP contribution >= 0.6 is 0 Å². The molecule has 2 aromatic carbocycles. The fraction of sp³-hybridized carbons (Fsp3) is 0.200. The SMILES string of the molecule is CCOC(=O)c1c(NCc2ccc(C)cc2)c2cc(F)ccc2[nH]c1=O. The van der Waals surface area contributed by atoms with Crippen molar-refractivity contribution in [3.63, 3.8) is 0 Å². The first-order valence-corrected chi connectivity index (χ1v) is 8.31. The lowest BCUT2D eigenvalue weighted by Crippen LogP contribution is -2.23. The van der Waals surface area contributed by atoms with E-state index in [0.29, 0.717) is 17.4 Å². The monoisotopic (exact) mass is 354 g/mol. The Kier molecular flexibility index (Phi) is 5.02. The minimum Gasteiger partial charge on any atom is -0.462 e. The van der Waals surface area contributed by atoms with Crippen molar-refractivity contribution in [1.29, 1.82) is 0 Å². The number of hydrogen-bond acceptors (Lipinski definition) is 4. The normalized spacial score (nSPS) is 10.7. The number of nitrogens with one attached hydrogen (secondary N) is 2. The summed E-state index contributed by atoms with van der Waals surface area (Å²) >= 11 is 0. The van der Waals surface area contributed by atoms with Crippen LogP contribution in [-0.4, -0.2) is 17.6 Å². The molecule has 0 unspecified atom stereocenters. The average molecular weight is 354 g/mol. The zero-order chi connectivity index (χ0) is 18.7. The third kappa shape index (κ3) is 3.59. The number of halogens is 1. The molecule has 26 heavy (non-hydrogen) atoms. The number of pyridine rings is 1. The first-order valence-electron chi connectivity index (χ1n) is 8.31. The van der Waals surface area contributed by atoms with Crippen LogP contribution in [0.25, 0.3) is 10.9 Å². The van der Waals surface area contributed by atoms with Gasteiger partial charge in [0.15, 0.2) is 0 Å². The highest BCUT2D eigenvalue weighted by Crippen LogP contribution is 2.26. The quantitative estimate of drug-likeness (QED) is 0.684. The molecule has 6 heteroatoms. The van der Waals surface area contributed by atoms with Crippen LogP contribution in [0, 0.1) is 12.7 Å². The van der Waals surface area contributed by atoms with Crippen molar-refractivity contribution in [2.24, 2.45) is 0 Å². The molecule has 0 aliphatic rings. The Bertz CT molecular complexity index is 1010. The van der Waals surface area contributed by atoms with Crippen LogP contribution in [0.15, 0.2) is 47.3 Å². The number of aromatic nitrogens is 1. The highest BCUT2D eigenvalue weighted by atomic mass is 19.1. The largest absolute Gasteiger partial charge is 0.462 e. The van der Waals surface area contributed by atoms with E-state index in [0.717, 1.165) is 11.1 Å². The summed E-state index contributed by atoms with van der Waals surface area (Å²) in [7, 11) is 0. The van der Waals surface area contributed by atoms with Gasteiger partial charge in [-0.2, -0.15) is 0 Å². The summed E-state index contributed by atoms with van der Waals surface area (Å²) in [6.07, 6.45) is 0. The van der Waals surface area contributed by atoms with Gasteiger partial charge in [-0.1, -0.05) is 29.8 Å². The first-order chi connectivity index (χ1) is 12.5. The molecule has 3 rings (SSSR count). The number of fused-ring (bicyclic) bond motifs is 1. The number of aryl methyl sites for hydroxylation is 1. The molecule has 0 aliphatic carbocycles. The van der Waals surface area contributed by atoms with Gasteiger partial charge in [-0.25, -0.2) is 9.18 Å². The van der Waals surface area contributed by atoms with Gasteiger partial charge < -0.3 is 15.0 Å². The van der Waals surface area contributed by atoms with Crippen molar-refractivity contribution in [2.45, 2.75) is 20.4 Å². The maximum Gasteiger partial charge on any atom is 0.345 e. The van der Waals surface area contributed by atoms with Gasteiger partial charge in [-0.05, 0) is 37.6 Å². The molecule has 0 radical (unpaired) electrons. The van der Waals surface area contributed by atoms with E-state index in [2.05, 4.69) is 10.3 Å². The molecule has 0 amide bonds. The highest BCUT2D eigenvalue weighted by molar-refractivity contribution is 6.04. The molecule has 1 heterocycles. The fourth-order valence-electron chi connectivity index (χ4n) is 2.74. The predicted octanol–water partition coefficient (Wildman–Crippen LogP) is 3.76. The molecule has 134 valence electrons. The van der Waals surface area contributed by atoms with Crippen LogP contribution in [0.5, 0.6) is 0 Å². The molecule has 5 nitrogen and oxygen atoms in total. The second-order valence-electron chi connectivity index (χ2n) is 5.95. The number of esters is 1. The van der Waals surface area contributed by atoms with Crippen molar-refractivity contribution >= 4 is 22.6 Å². The topological polar surface area (TPSA) is 71.2 Å². The van der Waals surface area contributed by atoms with Gasteiger partial charge in [0, 0.05) is 11.9 Å². The molecule has 0 fully saturated rings. The third-order valence-corrected chi connectivity index (χ3v) is 4.05.